The number of fused-ring (bicyclic) bond motifs is 1. The van der Waals surface area contributed by atoms with Crippen LogP contribution < -0.4 is 10.1 Å². The van der Waals surface area contributed by atoms with Gasteiger partial charge in [0.05, 0.1) is 19.8 Å². The van der Waals surface area contributed by atoms with Crippen molar-refractivity contribution >= 4 is 17.7 Å². The van der Waals surface area contributed by atoms with Crippen LogP contribution in [0.15, 0.2) is 59.8 Å². The molecule has 2 heterocycles. The number of carbonyl (C=O) groups excluding carboxylic acids is 2. The minimum Gasteiger partial charge on any atom is -0.497 e. The SMILES string of the molecule is CCc1ccc([C@@H]2C(C(=O)c3ccc(OC)cc3)=C(C(=O)OC)Nc3nnnn32)cc1. The molecule has 1 atom stereocenters. The van der Waals surface area contributed by atoms with Gasteiger partial charge in [-0.25, -0.2) is 4.79 Å². The van der Waals surface area contributed by atoms with Gasteiger partial charge in [-0.05, 0) is 52.2 Å². The molecular formula is C22H21N5O4. The fraction of sp³-hybridized carbons (Fsp3) is 0.227. The lowest BCUT2D eigenvalue weighted by atomic mass is 9.89. The van der Waals surface area contributed by atoms with Crippen molar-refractivity contribution in [3.63, 3.8) is 0 Å². The van der Waals surface area contributed by atoms with Crippen molar-refractivity contribution in [3.8, 4) is 5.75 Å². The van der Waals surface area contributed by atoms with Gasteiger partial charge in [-0.1, -0.05) is 36.3 Å². The van der Waals surface area contributed by atoms with Gasteiger partial charge in [0.15, 0.2) is 5.78 Å². The summed E-state index contributed by atoms with van der Waals surface area (Å²) in [6.45, 7) is 2.06. The molecular weight excluding hydrogens is 398 g/mol. The van der Waals surface area contributed by atoms with Crippen molar-refractivity contribution in [1.29, 1.82) is 0 Å². The van der Waals surface area contributed by atoms with Crippen LogP contribution in [0.3, 0.4) is 0 Å². The van der Waals surface area contributed by atoms with Gasteiger partial charge in [0.1, 0.15) is 17.5 Å². The van der Waals surface area contributed by atoms with Crippen molar-refractivity contribution in [1.82, 2.24) is 20.2 Å². The molecule has 1 N–H and O–H groups in total. The Morgan fingerprint density at radius 1 is 1.06 bits per heavy atom. The minimum atomic E-state index is -0.708. The largest absolute Gasteiger partial charge is 0.497 e. The fourth-order valence-corrected chi connectivity index (χ4v) is 3.53. The number of hydrogen-bond acceptors (Lipinski definition) is 8. The number of carbonyl (C=O) groups is 2. The fourth-order valence-electron chi connectivity index (χ4n) is 3.53. The minimum absolute atomic E-state index is 0.00943. The predicted molar refractivity (Wildman–Crippen MR) is 112 cm³/mol. The average molecular weight is 419 g/mol. The molecule has 0 bridgehead atoms. The Morgan fingerprint density at radius 3 is 2.39 bits per heavy atom. The van der Waals surface area contributed by atoms with Gasteiger partial charge in [0, 0.05) is 5.56 Å². The number of esters is 1. The Bertz CT molecular complexity index is 1150. The van der Waals surface area contributed by atoms with E-state index < -0.39 is 12.0 Å². The normalized spacial score (nSPS) is 15.1. The third-order valence-electron chi connectivity index (χ3n) is 5.21. The molecule has 0 unspecified atom stereocenters. The maximum absolute atomic E-state index is 13.6. The number of allylic oxidation sites excluding steroid dienone is 1. The van der Waals surface area contributed by atoms with Crippen LogP contribution in [0.5, 0.6) is 5.75 Å². The zero-order chi connectivity index (χ0) is 22.0. The molecule has 0 radical (unpaired) electrons. The molecule has 1 aromatic heterocycles. The van der Waals surface area contributed by atoms with Gasteiger partial charge in [0.25, 0.3) is 0 Å². The van der Waals surface area contributed by atoms with E-state index in [1.807, 2.05) is 24.3 Å². The first kappa shape index (κ1) is 20.3. The lowest BCUT2D eigenvalue weighted by Gasteiger charge is -2.28. The number of hydrogen-bond donors (Lipinski definition) is 1. The number of rotatable bonds is 6. The van der Waals surface area contributed by atoms with Crippen LogP contribution in [-0.2, 0) is 16.0 Å². The average Bonchev–Trinajstić information content (AvgIpc) is 3.30. The van der Waals surface area contributed by atoms with E-state index in [9.17, 15) is 9.59 Å². The Labute approximate surface area is 178 Å². The molecule has 2 aromatic carbocycles. The van der Waals surface area contributed by atoms with E-state index in [0.717, 1.165) is 17.5 Å². The van der Waals surface area contributed by atoms with Gasteiger partial charge >= 0.3 is 5.97 Å². The van der Waals surface area contributed by atoms with Crippen LogP contribution in [0.25, 0.3) is 0 Å². The van der Waals surface area contributed by atoms with Crippen LogP contribution in [0, 0.1) is 0 Å². The maximum Gasteiger partial charge on any atom is 0.355 e. The molecule has 0 aliphatic carbocycles. The maximum atomic E-state index is 13.6. The zero-order valence-electron chi connectivity index (χ0n) is 17.3. The summed E-state index contributed by atoms with van der Waals surface area (Å²) in [7, 11) is 2.81. The number of nitrogens with zero attached hydrogens (tertiary/aromatic N) is 4. The van der Waals surface area contributed by atoms with Crippen molar-refractivity contribution in [2.75, 3.05) is 19.5 Å². The first-order chi connectivity index (χ1) is 15.1. The second kappa shape index (κ2) is 8.39. The van der Waals surface area contributed by atoms with Crippen LogP contribution in [0.4, 0.5) is 5.95 Å². The van der Waals surface area contributed by atoms with E-state index >= 15 is 0 Å². The molecule has 0 fully saturated rings. The second-order valence-electron chi connectivity index (χ2n) is 6.91. The van der Waals surface area contributed by atoms with E-state index in [1.54, 1.807) is 31.4 Å². The number of ketones is 1. The Balaban J connectivity index is 1.90. The lowest BCUT2D eigenvalue weighted by Crippen LogP contribution is -2.32. The van der Waals surface area contributed by atoms with Gasteiger partial charge in [-0.15, -0.1) is 0 Å². The number of benzene rings is 2. The van der Waals surface area contributed by atoms with Crippen molar-refractivity contribution in [2.24, 2.45) is 0 Å². The predicted octanol–water partition coefficient (Wildman–Crippen LogP) is 2.57. The molecule has 1 aliphatic rings. The van der Waals surface area contributed by atoms with Gasteiger partial charge < -0.3 is 14.8 Å². The van der Waals surface area contributed by atoms with Crippen LogP contribution in [0.2, 0.25) is 0 Å². The summed E-state index contributed by atoms with van der Waals surface area (Å²) in [5.74, 6) is -0.159. The molecule has 1 aliphatic heterocycles. The number of anilines is 1. The monoisotopic (exact) mass is 419 g/mol. The highest BCUT2D eigenvalue weighted by molar-refractivity contribution is 6.14. The second-order valence-corrected chi connectivity index (χ2v) is 6.91. The first-order valence-corrected chi connectivity index (χ1v) is 9.72. The number of aromatic nitrogens is 4. The van der Waals surface area contributed by atoms with E-state index in [0.29, 0.717) is 11.3 Å². The van der Waals surface area contributed by atoms with E-state index in [2.05, 4.69) is 27.8 Å². The molecule has 0 saturated heterocycles. The molecule has 0 spiro atoms. The Morgan fingerprint density at radius 2 is 1.77 bits per heavy atom. The highest BCUT2D eigenvalue weighted by atomic mass is 16.5. The number of methoxy groups -OCH3 is 2. The molecule has 31 heavy (non-hydrogen) atoms. The van der Waals surface area contributed by atoms with E-state index in [1.165, 1.54) is 11.8 Å². The summed E-state index contributed by atoms with van der Waals surface area (Å²) in [5.41, 5.74) is 2.52. The molecule has 158 valence electrons. The third-order valence-corrected chi connectivity index (χ3v) is 5.21. The molecule has 3 aromatic rings. The summed E-state index contributed by atoms with van der Waals surface area (Å²) >= 11 is 0. The number of ether oxygens (including phenoxy) is 2. The third kappa shape index (κ3) is 3.65. The highest BCUT2D eigenvalue weighted by Gasteiger charge is 2.38. The van der Waals surface area contributed by atoms with Crippen molar-refractivity contribution in [3.05, 3.63) is 76.5 Å². The van der Waals surface area contributed by atoms with Crippen molar-refractivity contribution in [2.45, 2.75) is 19.4 Å². The first-order valence-electron chi connectivity index (χ1n) is 9.72. The quantitative estimate of drug-likeness (QED) is 0.480. The van der Waals surface area contributed by atoms with Crippen LogP contribution >= 0.6 is 0 Å². The number of aryl methyl sites for hydroxylation is 1. The lowest BCUT2D eigenvalue weighted by molar-refractivity contribution is -0.136. The smallest absolute Gasteiger partial charge is 0.355 e. The van der Waals surface area contributed by atoms with E-state index in [-0.39, 0.29) is 23.0 Å². The Hall–Kier alpha value is -4.01. The molecule has 0 amide bonds. The summed E-state index contributed by atoms with van der Waals surface area (Å²) in [6, 6.07) is 13.8. The van der Waals surface area contributed by atoms with Crippen molar-refractivity contribution < 1.29 is 19.1 Å². The summed E-state index contributed by atoms with van der Waals surface area (Å²) in [5, 5.41) is 14.6. The Kier molecular flexibility index (Phi) is 5.48. The number of nitrogens with one attached hydrogen (secondary N) is 1. The van der Waals surface area contributed by atoms with Gasteiger partial charge in [0.2, 0.25) is 5.95 Å². The van der Waals surface area contributed by atoms with Gasteiger partial charge in [-0.3, -0.25) is 4.79 Å². The topological polar surface area (TPSA) is 108 Å². The zero-order valence-corrected chi connectivity index (χ0v) is 17.3. The summed E-state index contributed by atoms with van der Waals surface area (Å²) < 4.78 is 11.6. The molecule has 4 rings (SSSR count). The molecule has 0 saturated carbocycles. The number of Topliss-reactive ketones (excluding diaryl/α,β-unsaturated/α-hetero) is 1. The molecule has 9 heteroatoms. The highest BCUT2D eigenvalue weighted by Crippen LogP contribution is 2.36. The summed E-state index contributed by atoms with van der Waals surface area (Å²) in [6.07, 6.45) is 0.878. The van der Waals surface area contributed by atoms with Gasteiger partial charge in [-0.2, -0.15) is 4.68 Å². The summed E-state index contributed by atoms with van der Waals surface area (Å²) in [4.78, 5) is 26.3. The van der Waals surface area contributed by atoms with Crippen LogP contribution in [-0.4, -0.2) is 46.2 Å². The molecule has 9 nitrogen and oxygen atoms in total. The number of tetrazole rings is 1. The van der Waals surface area contributed by atoms with Crippen LogP contribution in [0.1, 0.15) is 34.5 Å². The standard InChI is InChI=1S/C22H21N5O4/c1-4-13-5-7-14(8-6-13)19-17(20(28)15-9-11-16(30-2)12-10-15)18(21(29)31-3)23-22-24-25-26-27(19)22/h5-12,19H,4H2,1-3H3,(H,23,24,26)/t19-/m1/s1. The van der Waals surface area contributed by atoms with E-state index in [4.69, 9.17) is 9.47 Å².